The van der Waals surface area contributed by atoms with Crippen LogP contribution >= 0.6 is 11.6 Å². The second-order valence-electron chi connectivity index (χ2n) is 6.90. The summed E-state index contributed by atoms with van der Waals surface area (Å²) in [6.07, 6.45) is 2.99. The van der Waals surface area contributed by atoms with Gasteiger partial charge >= 0.3 is 0 Å². The van der Waals surface area contributed by atoms with Crippen LogP contribution in [0.15, 0.2) is 59.5 Å². The summed E-state index contributed by atoms with van der Waals surface area (Å²) in [5, 5.41) is 3.70. The maximum atomic E-state index is 12.1. The Balaban J connectivity index is 1.70. The minimum absolute atomic E-state index is 0.197. The van der Waals surface area contributed by atoms with E-state index in [-0.39, 0.29) is 11.6 Å². The quantitative estimate of drug-likeness (QED) is 0.571. The summed E-state index contributed by atoms with van der Waals surface area (Å²) in [6, 6.07) is 15.8. The molecule has 1 atom stereocenters. The van der Waals surface area contributed by atoms with Crippen molar-refractivity contribution in [2.24, 2.45) is 0 Å². The SMILES string of the molecule is CN(C)C(CNc1nc(Cc2cccnc2Cl)cc(=O)[nH]1)Cc1ccccc1. The van der Waals surface area contributed by atoms with Crippen molar-refractivity contribution < 1.29 is 0 Å². The highest BCUT2D eigenvalue weighted by molar-refractivity contribution is 6.30. The minimum atomic E-state index is -0.197. The Labute approximate surface area is 169 Å². The minimum Gasteiger partial charge on any atom is -0.354 e. The first-order valence-corrected chi connectivity index (χ1v) is 9.53. The fourth-order valence-electron chi connectivity index (χ4n) is 2.97. The molecule has 0 bridgehead atoms. The first kappa shape index (κ1) is 20.0. The summed E-state index contributed by atoms with van der Waals surface area (Å²) in [4.78, 5) is 25.6. The Morgan fingerprint density at radius 3 is 2.68 bits per heavy atom. The van der Waals surface area contributed by atoms with Crippen molar-refractivity contribution in [2.75, 3.05) is 26.0 Å². The number of nitrogens with zero attached hydrogens (tertiary/aromatic N) is 3. The lowest BCUT2D eigenvalue weighted by Crippen LogP contribution is -2.37. The van der Waals surface area contributed by atoms with Crippen molar-refractivity contribution in [3.8, 4) is 0 Å². The lowest BCUT2D eigenvalue weighted by Gasteiger charge is -2.25. The van der Waals surface area contributed by atoms with Gasteiger partial charge in [-0.25, -0.2) is 9.97 Å². The predicted octanol–water partition coefficient (Wildman–Crippen LogP) is 2.99. The van der Waals surface area contributed by atoms with E-state index in [2.05, 4.69) is 37.3 Å². The molecule has 0 spiro atoms. The molecule has 2 aromatic heterocycles. The predicted molar refractivity (Wildman–Crippen MR) is 113 cm³/mol. The van der Waals surface area contributed by atoms with E-state index < -0.39 is 0 Å². The van der Waals surface area contributed by atoms with Gasteiger partial charge in [-0.2, -0.15) is 0 Å². The number of benzene rings is 1. The molecule has 0 aliphatic heterocycles. The normalized spacial score (nSPS) is 12.1. The molecule has 0 aliphatic carbocycles. The zero-order valence-electron chi connectivity index (χ0n) is 16.0. The van der Waals surface area contributed by atoms with Crippen molar-refractivity contribution in [2.45, 2.75) is 18.9 Å². The average molecular weight is 398 g/mol. The van der Waals surface area contributed by atoms with E-state index in [0.717, 1.165) is 12.0 Å². The first-order valence-electron chi connectivity index (χ1n) is 9.15. The highest BCUT2D eigenvalue weighted by Gasteiger charge is 2.13. The van der Waals surface area contributed by atoms with Crippen molar-refractivity contribution >= 4 is 17.5 Å². The number of nitrogens with one attached hydrogen (secondary N) is 2. The van der Waals surface area contributed by atoms with Crippen LogP contribution in [0.3, 0.4) is 0 Å². The van der Waals surface area contributed by atoms with Gasteiger partial charge in [0.25, 0.3) is 5.56 Å². The molecule has 0 aliphatic rings. The molecule has 0 amide bonds. The van der Waals surface area contributed by atoms with Crippen LogP contribution in [0.5, 0.6) is 0 Å². The number of hydrogen-bond acceptors (Lipinski definition) is 5. The van der Waals surface area contributed by atoms with Crippen molar-refractivity contribution in [1.82, 2.24) is 19.9 Å². The lowest BCUT2D eigenvalue weighted by atomic mass is 10.1. The monoisotopic (exact) mass is 397 g/mol. The van der Waals surface area contributed by atoms with E-state index in [1.807, 2.05) is 44.4 Å². The van der Waals surface area contributed by atoms with Gasteiger partial charge in [0.15, 0.2) is 0 Å². The van der Waals surface area contributed by atoms with Gasteiger partial charge in [0, 0.05) is 31.3 Å². The average Bonchev–Trinajstić information content (AvgIpc) is 2.67. The standard InChI is InChI=1S/C21H24ClN5O/c1-27(2)18(11-15-7-4-3-5-8-15)14-24-21-25-17(13-19(28)26-21)12-16-9-6-10-23-20(16)22/h3-10,13,18H,11-12,14H2,1-2H3,(H2,24,25,26,28). The molecule has 6 nitrogen and oxygen atoms in total. The van der Waals surface area contributed by atoms with Crippen LogP contribution in [0.25, 0.3) is 0 Å². The molecule has 0 saturated heterocycles. The molecular weight excluding hydrogens is 374 g/mol. The zero-order chi connectivity index (χ0) is 19.9. The van der Waals surface area contributed by atoms with Gasteiger partial charge < -0.3 is 10.2 Å². The number of H-pyrrole nitrogens is 1. The summed E-state index contributed by atoms with van der Waals surface area (Å²) in [5.74, 6) is 0.461. The summed E-state index contributed by atoms with van der Waals surface area (Å²) in [5.41, 5.74) is 2.55. The molecule has 3 aromatic rings. The third-order valence-corrected chi connectivity index (χ3v) is 4.89. The summed E-state index contributed by atoms with van der Waals surface area (Å²) in [7, 11) is 4.10. The van der Waals surface area contributed by atoms with Gasteiger partial charge in [-0.3, -0.25) is 9.78 Å². The van der Waals surface area contributed by atoms with Gasteiger partial charge in [0.05, 0.1) is 5.69 Å². The number of halogens is 1. The van der Waals surface area contributed by atoms with E-state index in [1.54, 1.807) is 6.20 Å². The fraction of sp³-hybridized carbons (Fsp3) is 0.286. The van der Waals surface area contributed by atoms with Crippen molar-refractivity contribution in [3.63, 3.8) is 0 Å². The number of likely N-dealkylation sites (N-methyl/N-ethyl adjacent to an activating group) is 1. The molecule has 2 heterocycles. The van der Waals surface area contributed by atoms with Crippen LogP contribution in [0.4, 0.5) is 5.95 Å². The van der Waals surface area contributed by atoms with Crippen LogP contribution in [0.1, 0.15) is 16.8 Å². The van der Waals surface area contributed by atoms with Gasteiger partial charge in [-0.1, -0.05) is 48.0 Å². The molecule has 2 N–H and O–H groups in total. The summed E-state index contributed by atoms with van der Waals surface area (Å²) >= 11 is 6.12. The van der Waals surface area contributed by atoms with Crippen LogP contribution in [-0.2, 0) is 12.8 Å². The van der Waals surface area contributed by atoms with E-state index in [4.69, 9.17) is 11.6 Å². The number of hydrogen-bond donors (Lipinski definition) is 2. The van der Waals surface area contributed by atoms with E-state index in [0.29, 0.717) is 29.8 Å². The third kappa shape index (κ3) is 5.65. The van der Waals surface area contributed by atoms with Gasteiger partial charge in [0.2, 0.25) is 5.95 Å². The van der Waals surface area contributed by atoms with Crippen LogP contribution in [0, 0.1) is 0 Å². The molecule has 28 heavy (non-hydrogen) atoms. The summed E-state index contributed by atoms with van der Waals surface area (Å²) in [6.45, 7) is 0.655. The number of pyridine rings is 1. The first-order chi connectivity index (χ1) is 13.5. The Hall–Kier alpha value is -2.70. The molecule has 1 unspecified atom stereocenters. The number of anilines is 1. The van der Waals surface area contributed by atoms with Crippen molar-refractivity contribution in [1.29, 1.82) is 0 Å². The molecule has 0 saturated carbocycles. The van der Waals surface area contributed by atoms with Crippen molar-refractivity contribution in [3.05, 3.63) is 87.1 Å². The maximum Gasteiger partial charge on any atom is 0.252 e. The van der Waals surface area contributed by atoms with Gasteiger partial charge in [-0.05, 0) is 37.7 Å². The molecule has 0 fully saturated rings. The molecule has 146 valence electrons. The molecule has 3 rings (SSSR count). The van der Waals surface area contributed by atoms with Gasteiger partial charge in [-0.15, -0.1) is 0 Å². The highest BCUT2D eigenvalue weighted by Crippen LogP contribution is 2.15. The summed E-state index contributed by atoms with van der Waals surface area (Å²) < 4.78 is 0. The smallest absolute Gasteiger partial charge is 0.252 e. The molecular formula is C21H24ClN5O. The van der Waals surface area contributed by atoms with E-state index in [1.165, 1.54) is 11.6 Å². The molecule has 7 heteroatoms. The maximum absolute atomic E-state index is 12.1. The van der Waals surface area contributed by atoms with Crippen LogP contribution < -0.4 is 10.9 Å². The van der Waals surface area contributed by atoms with Gasteiger partial charge in [0.1, 0.15) is 5.15 Å². The van der Waals surface area contributed by atoms with Crippen LogP contribution in [0.2, 0.25) is 5.15 Å². The molecule has 1 aromatic carbocycles. The molecule has 0 radical (unpaired) electrons. The Kier molecular flexibility index (Phi) is 6.79. The number of aromatic amines is 1. The van der Waals surface area contributed by atoms with Crippen LogP contribution in [-0.4, -0.2) is 46.5 Å². The Morgan fingerprint density at radius 1 is 1.18 bits per heavy atom. The Bertz CT molecular complexity index is 958. The largest absolute Gasteiger partial charge is 0.354 e. The second-order valence-corrected chi connectivity index (χ2v) is 7.26. The van der Waals surface area contributed by atoms with E-state index in [9.17, 15) is 4.79 Å². The Morgan fingerprint density at radius 2 is 1.96 bits per heavy atom. The highest BCUT2D eigenvalue weighted by atomic mass is 35.5. The topological polar surface area (TPSA) is 73.9 Å². The number of rotatable bonds is 8. The zero-order valence-corrected chi connectivity index (χ0v) is 16.8. The van der Waals surface area contributed by atoms with E-state index >= 15 is 0 Å². The number of aromatic nitrogens is 3. The second kappa shape index (κ2) is 9.48. The lowest BCUT2D eigenvalue weighted by molar-refractivity contribution is 0.303. The third-order valence-electron chi connectivity index (χ3n) is 4.55. The fourth-order valence-corrected chi connectivity index (χ4v) is 3.15.